The second kappa shape index (κ2) is 8.11. The minimum Gasteiger partial charge on any atom is -0.508 e. The number of aliphatic carboxylic acids is 1. The molecule has 0 spiro atoms. The Morgan fingerprint density at radius 1 is 1.17 bits per heavy atom. The predicted octanol–water partition coefficient (Wildman–Crippen LogP) is 4.60. The number of nitrogens with zero attached hydrogens (tertiary/aromatic N) is 2. The van der Waals surface area contributed by atoms with Crippen molar-refractivity contribution in [1.82, 2.24) is 9.97 Å². The average Bonchev–Trinajstić information content (AvgIpc) is 3.07. The number of hydrogen-bond acceptors (Lipinski definition) is 6. The number of halogens is 2. The topological polar surface area (TPSA) is 108 Å². The minimum absolute atomic E-state index is 0.0153. The van der Waals surface area contributed by atoms with E-state index in [0.29, 0.717) is 26.7 Å². The van der Waals surface area contributed by atoms with Gasteiger partial charge in [-0.15, -0.1) is 0 Å². The number of para-hydroxylation sites is 1. The van der Waals surface area contributed by atoms with Crippen LogP contribution in [0.5, 0.6) is 5.75 Å². The molecule has 0 amide bonds. The molecule has 4 aromatic rings. The summed E-state index contributed by atoms with van der Waals surface area (Å²) in [6.45, 7) is 0. The van der Waals surface area contributed by atoms with Gasteiger partial charge in [-0.05, 0) is 51.8 Å². The molecule has 0 aliphatic rings. The van der Waals surface area contributed by atoms with Crippen LogP contribution in [0.2, 0.25) is 0 Å². The molecule has 0 aliphatic carbocycles. The van der Waals surface area contributed by atoms with Gasteiger partial charge >= 0.3 is 5.97 Å². The van der Waals surface area contributed by atoms with E-state index in [9.17, 15) is 19.4 Å². The van der Waals surface area contributed by atoms with Crippen LogP contribution >= 0.6 is 15.9 Å². The Balaban J connectivity index is 1.72. The number of hydrogen-bond donors (Lipinski definition) is 3. The molecule has 2 aromatic carbocycles. The largest absolute Gasteiger partial charge is 0.508 e. The maximum Gasteiger partial charge on any atom is 0.326 e. The van der Waals surface area contributed by atoms with Crippen LogP contribution in [-0.2, 0) is 11.2 Å². The summed E-state index contributed by atoms with van der Waals surface area (Å²) in [6.07, 6.45) is 1.29. The van der Waals surface area contributed by atoms with Gasteiger partial charge in [0.1, 0.15) is 29.8 Å². The van der Waals surface area contributed by atoms with Crippen molar-refractivity contribution in [1.29, 1.82) is 0 Å². The first-order valence-electron chi connectivity index (χ1n) is 8.89. The number of phenolic OH excluding ortho intramolecular Hbond substituents is 1. The first-order chi connectivity index (χ1) is 14.4. The molecule has 0 saturated heterocycles. The van der Waals surface area contributed by atoms with E-state index >= 15 is 0 Å². The lowest BCUT2D eigenvalue weighted by molar-refractivity contribution is -0.137. The van der Waals surface area contributed by atoms with Crippen molar-refractivity contribution in [3.8, 4) is 17.1 Å². The standard InChI is InChI=1S/C21H15BrFN3O4/c22-17-16-19(26-14(21(28)29)9-12-3-1-2-4-15(12)27)24-10-25-20(16)30-18(17)11-5-7-13(23)8-6-11/h1-8,10,14,27H,9H2,(H,28,29)(H,24,25,26)/t14-/m1/s1. The first-order valence-corrected chi connectivity index (χ1v) is 9.68. The summed E-state index contributed by atoms with van der Waals surface area (Å²) in [5.41, 5.74) is 1.35. The summed E-state index contributed by atoms with van der Waals surface area (Å²) >= 11 is 3.47. The Morgan fingerprint density at radius 2 is 1.90 bits per heavy atom. The number of aromatic hydroxyl groups is 1. The molecule has 4 rings (SSSR count). The maximum absolute atomic E-state index is 13.2. The summed E-state index contributed by atoms with van der Waals surface area (Å²) in [5, 5.41) is 23.0. The summed E-state index contributed by atoms with van der Waals surface area (Å²) in [4.78, 5) is 20.1. The molecule has 0 radical (unpaired) electrons. The number of anilines is 1. The Kier molecular flexibility index (Phi) is 5.37. The van der Waals surface area contributed by atoms with Gasteiger partial charge in [-0.3, -0.25) is 0 Å². The summed E-state index contributed by atoms with van der Waals surface area (Å²) < 4.78 is 19.6. The number of carboxylic acid groups (broad SMARTS) is 1. The minimum atomic E-state index is -1.11. The first kappa shape index (κ1) is 19.8. The van der Waals surface area contributed by atoms with E-state index in [1.54, 1.807) is 30.3 Å². The molecule has 2 heterocycles. The number of carboxylic acids is 1. The summed E-state index contributed by atoms with van der Waals surface area (Å²) in [6, 6.07) is 11.2. The molecule has 0 saturated carbocycles. The van der Waals surface area contributed by atoms with Gasteiger partial charge in [0.05, 0.1) is 9.86 Å². The number of aromatic nitrogens is 2. The van der Waals surface area contributed by atoms with E-state index in [1.807, 2.05) is 0 Å². The van der Waals surface area contributed by atoms with Crippen LogP contribution in [0.1, 0.15) is 5.56 Å². The number of benzene rings is 2. The van der Waals surface area contributed by atoms with Gasteiger partial charge in [-0.25, -0.2) is 19.2 Å². The van der Waals surface area contributed by atoms with Crippen LogP contribution in [0.4, 0.5) is 10.2 Å². The van der Waals surface area contributed by atoms with Gasteiger partial charge in [0.15, 0.2) is 5.76 Å². The van der Waals surface area contributed by atoms with Crippen LogP contribution < -0.4 is 5.32 Å². The van der Waals surface area contributed by atoms with Crippen LogP contribution in [0, 0.1) is 5.82 Å². The zero-order valence-corrected chi connectivity index (χ0v) is 16.9. The second-order valence-electron chi connectivity index (χ2n) is 6.52. The molecule has 1 atom stereocenters. The second-order valence-corrected chi connectivity index (χ2v) is 7.32. The Bertz CT molecular complexity index is 1230. The molecule has 0 fully saturated rings. The fourth-order valence-electron chi connectivity index (χ4n) is 3.06. The van der Waals surface area contributed by atoms with Crippen LogP contribution in [-0.4, -0.2) is 32.2 Å². The normalized spacial score (nSPS) is 12.1. The molecule has 30 heavy (non-hydrogen) atoms. The highest BCUT2D eigenvalue weighted by Crippen LogP contribution is 2.39. The highest BCUT2D eigenvalue weighted by molar-refractivity contribution is 9.10. The van der Waals surface area contributed by atoms with E-state index < -0.39 is 12.0 Å². The van der Waals surface area contributed by atoms with E-state index in [4.69, 9.17) is 4.42 Å². The van der Waals surface area contributed by atoms with Gasteiger partial charge < -0.3 is 19.9 Å². The predicted molar refractivity (Wildman–Crippen MR) is 112 cm³/mol. The van der Waals surface area contributed by atoms with Crippen molar-refractivity contribution >= 4 is 38.8 Å². The molecule has 2 aromatic heterocycles. The van der Waals surface area contributed by atoms with E-state index in [0.717, 1.165) is 0 Å². The van der Waals surface area contributed by atoms with E-state index in [-0.39, 0.29) is 29.5 Å². The van der Waals surface area contributed by atoms with Gasteiger partial charge in [-0.1, -0.05) is 18.2 Å². The van der Waals surface area contributed by atoms with Crippen molar-refractivity contribution in [2.75, 3.05) is 5.32 Å². The fraction of sp³-hybridized carbons (Fsp3) is 0.0952. The van der Waals surface area contributed by atoms with Crippen LogP contribution in [0.25, 0.3) is 22.4 Å². The smallest absolute Gasteiger partial charge is 0.326 e. The lowest BCUT2D eigenvalue weighted by Crippen LogP contribution is -2.32. The monoisotopic (exact) mass is 471 g/mol. The van der Waals surface area contributed by atoms with E-state index in [1.165, 1.54) is 24.5 Å². The van der Waals surface area contributed by atoms with Crippen LogP contribution in [0.15, 0.2) is 63.7 Å². The third kappa shape index (κ3) is 3.84. The summed E-state index contributed by atoms with van der Waals surface area (Å²) in [7, 11) is 0. The molecule has 0 aliphatic heterocycles. The maximum atomic E-state index is 13.2. The fourth-order valence-corrected chi connectivity index (χ4v) is 3.73. The molecule has 0 unspecified atom stereocenters. The molecular formula is C21H15BrFN3O4. The average molecular weight is 472 g/mol. The highest BCUT2D eigenvalue weighted by Gasteiger charge is 2.24. The zero-order valence-electron chi connectivity index (χ0n) is 15.3. The van der Waals surface area contributed by atoms with Crippen molar-refractivity contribution in [2.45, 2.75) is 12.5 Å². The van der Waals surface area contributed by atoms with Crippen molar-refractivity contribution < 1.29 is 23.8 Å². The molecule has 9 heteroatoms. The Hall–Kier alpha value is -3.46. The molecule has 7 nitrogen and oxygen atoms in total. The van der Waals surface area contributed by atoms with Gasteiger partial charge in [-0.2, -0.15) is 0 Å². The number of furan rings is 1. The van der Waals surface area contributed by atoms with Crippen molar-refractivity contribution in [3.63, 3.8) is 0 Å². The zero-order chi connectivity index (χ0) is 21.3. The third-order valence-electron chi connectivity index (χ3n) is 4.56. The molecule has 152 valence electrons. The quantitative estimate of drug-likeness (QED) is 0.376. The number of carbonyl (C=O) groups is 1. The number of rotatable bonds is 6. The SMILES string of the molecule is O=C(O)[C@@H](Cc1ccccc1O)Nc1ncnc2oc(-c3ccc(F)cc3)c(Br)c12. The third-order valence-corrected chi connectivity index (χ3v) is 5.32. The Labute approximate surface area is 178 Å². The molecule has 3 N–H and O–H groups in total. The molecule has 0 bridgehead atoms. The van der Waals surface area contributed by atoms with Gasteiger partial charge in [0, 0.05) is 12.0 Å². The Morgan fingerprint density at radius 3 is 2.60 bits per heavy atom. The van der Waals surface area contributed by atoms with Gasteiger partial charge in [0.2, 0.25) is 5.71 Å². The summed E-state index contributed by atoms with van der Waals surface area (Å²) in [5.74, 6) is -0.792. The number of nitrogens with one attached hydrogen (secondary N) is 1. The lowest BCUT2D eigenvalue weighted by atomic mass is 10.0. The molecular weight excluding hydrogens is 457 g/mol. The number of fused-ring (bicyclic) bond motifs is 1. The highest BCUT2D eigenvalue weighted by atomic mass is 79.9. The van der Waals surface area contributed by atoms with Crippen molar-refractivity contribution in [3.05, 3.63) is 70.7 Å². The lowest BCUT2D eigenvalue weighted by Gasteiger charge is -2.16. The number of phenols is 1. The van der Waals surface area contributed by atoms with Crippen molar-refractivity contribution in [2.24, 2.45) is 0 Å². The van der Waals surface area contributed by atoms with E-state index in [2.05, 4.69) is 31.2 Å². The van der Waals surface area contributed by atoms with Crippen LogP contribution in [0.3, 0.4) is 0 Å². The van der Waals surface area contributed by atoms with Gasteiger partial charge in [0.25, 0.3) is 0 Å².